The molecule has 0 radical (unpaired) electrons. The quantitative estimate of drug-likeness (QED) is 0.295. The average Bonchev–Trinajstić information content (AvgIpc) is 2.94. The van der Waals surface area contributed by atoms with Crippen molar-refractivity contribution in [2.45, 2.75) is 18.6 Å². The summed E-state index contributed by atoms with van der Waals surface area (Å²) < 4.78 is 17.8. The molecule has 0 fully saturated rings. The zero-order valence-corrected chi connectivity index (χ0v) is 21.9. The van der Waals surface area contributed by atoms with Gasteiger partial charge in [0.05, 0.1) is 17.9 Å². The number of hydrogen-bond acceptors (Lipinski definition) is 2. The highest BCUT2D eigenvalue weighted by atomic mass is 79.9. The maximum absolute atomic E-state index is 6.13. The van der Waals surface area contributed by atoms with Crippen molar-refractivity contribution in [3.05, 3.63) is 63.3 Å². The second kappa shape index (κ2) is 8.78. The van der Waals surface area contributed by atoms with Crippen LogP contribution in [0.2, 0.25) is 0 Å². The van der Waals surface area contributed by atoms with Crippen LogP contribution in [0.15, 0.2) is 63.3 Å². The molecule has 2 unspecified atom stereocenters. The molecule has 2 nitrogen and oxygen atoms in total. The van der Waals surface area contributed by atoms with E-state index >= 15 is 0 Å². The van der Waals surface area contributed by atoms with Gasteiger partial charge in [-0.15, -0.1) is 0 Å². The van der Waals surface area contributed by atoms with Crippen LogP contribution in [0.3, 0.4) is 0 Å². The van der Waals surface area contributed by atoms with Crippen LogP contribution in [-0.4, -0.2) is 12.2 Å². The lowest BCUT2D eigenvalue weighted by Gasteiger charge is -2.19. The third-order valence-electron chi connectivity index (χ3n) is 3.47. The first-order valence-electron chi connectivity index (χ1n) is 7.14. The third-order valence-corrected chi connectivity index (χ3v) is 6.74. The maximum atomic E-state index is 6.13. The van der Waals surface area contributed by atoms with Crippen molar-refractivity contribution in [2.75, 3.05) is 0 Å². The zero-order chi connectivity index (χ0) is 18.1. The molecule has 8 heteroatoms. The van der Waals surface area contributed by atoms with E-state index in [-0.39, 0.29) is 12.2 Å². The lowest BCUT2D eigenvalue weighted by atomic mass is 10.2. The molecule has 1 aliphatic carbocycles. The Balaban J connectivity index is 1.69. The van der Waals surface area contributed by atoms with E-state index in [0.717, 1.165) is 44.8 Å². The van der Waals surface area contributed by atoms with Gasteiger partial charge < -0.3 is 9.47 Å². The van der Waals surface area contributed by atoms with E-state index in [1.165, 1.54) is 0 Å². The predicted octanol–water partition coefficient (Wildman–Crippen LogP) is 8.42. The summed E-state index contributed by atoms with van der Waals surface area (Å²) in [6, 6.07) is 7.84. The number of benzene rings is 2. The van der Waals surface area contributed by atoms with Gasteiger partial charge in [-0.1, -0.05) is 31.9 Å². The summed E-state index contributed by atoms with van der Waals surface area (Å²) in [5, 5.41) is 0. The second-order valence-corrected chi connectivity index (χ2v) is 10.6. The SMILES string of the molecule is Brc1cc(Br)c(OC2C=CC(Oc3c(Br)cc(Br)cc3Br)C2)c(Br)c1. The lowest BCUT2D eigenvalue weighted by molar-refractivity contribution is 0.177. The Morgan fingerprint density at radius 3 is 1.24 bits per heavy atom. The van der Waals surface area contributed by atoms with Gasteiger partial charge in [-0.25, -0.2) is 0 Å². The van der Waals surface area contributed by atoms with Crippen molar-refractivity contribution >= 4 is 95.6 Å². The predicted molar refractivity (Wildman–Crippen MR) is 122 cm³/mol. The molecular weight excluding hydrogens is 716 g/mol. The van der Waals surface area contributed by atoms with Gasteiger partial charge >= 0.3 is 0 Å². The average molecular weight is 726 g/mol. The molecule has 0 bridgehead atoms. The van der Waals surface area contributed by atoms with Gasteiger partial charge in [-0.2, -0.15) is 0 Å². The first-order valence-corrected chi connectivity index (χ1v) is 11.9. The minimum absolute atomic E-state index is 0.0493. The number of halogens is 6. The molecule has 3 rings (SSSR count). The van der Waals surface area contributed by atoms with E-state index in [0.29, 0.717) is 0 Å². The molecule has 0 saturated carbocycles. The standard InChI is InChI=1S/C17H10Br6O2/c18-8-3-12(20)16(13(21)4-8)24-10-1-2-11(7-10)25-17-14(22)5-9(19)6-15(17)23/h1-6,10-11H,7H2. The highest BCUT2D eigenvalue weighted by Crippen LogP contribution is 2.40. The van der Waals surface area contributed by atoms with Crippen LogP contribution in [0.5, 0.6) is 11.5 Å². The number of rotatable bonds is 4. The van der Waals surface area contributed by atoms with E-state index in [1.54, 1.807) is 0 Å². The van der Waals surface area contributed by atoms with Crippen molar-refractivity contribution in [2.24, 2.45) is 0 Å². The van der Waals surface area contributed by atoms with Gasteiger partial charge in [0.25, 0.3) is 0 Å². The molecule has 2 aromatic rings. The lowest BCUT2D eigenvalue weighted by Crippen LogP contribution is -2.19. The van der Waals surface area contributed by atoms with E-state index < -0.39 is 0 Å². The molecule has 1 aliphatic rings. The van der Waals surface area contributed by atoms with Crippen LogP contribution in [0.1, 0.15) is 6.42 Å². The van der Waals surface area contributed by atoms with Crippen LogP contribution in [0.4, 0.5) is 0 Å². The first kappa shape index (κ1) is 20.4. The second-order valence-electron chi connectivity index (χ2n) is 5.33. The molecule has 2 atom stereocenters. The van der Waals surface area contributed by atoms with E-state index in [1.807, 2.05) is 36.4 Å². The highest BCUT2D eigenvalue weighted by Gasteiger charge is 2.25. The summed E-state index contributed by atoms with van der Waals surface area (Å²) in [6.07, 6.45) is 4.71. The fraction of sp³-hybridized carbons (Fsp3) is 0.176. The van der Waals surface area contributed by atoms with Gasteiger partial charge in [-0.05, 0) is 100 Å². The zero-order valence-electron chi connectivity index (χ0n) is 12.4. The minimum atomic E-state index is -0.0493. The molecule has 0 aromatic heterocycles. The Morgan fingerprint density at radius 2 is 0.920 bits per heavy atom. The first-order chi connectivity index (χ1) is 11.8. The van der Waals surface area contributed by atoms with Crippen molar-refractivity contribution in [3.8, 4) is 11.5 Å². The summed E-state index contributed by atoms with van der Waals surface area (Å²) in [6.45, 7) is 0. The van der Waals surface area contributed by atoms with Gasteiger partial charge in [0.2, 0.25) is 0 Å². The summed E-state index contributed by atoms with van der Waals surface area (Å²) in [7, 11) is 0. The van der Waals surface area contributed by atoms with Crippen LogP contribution in [-0.2, 0) is 0 Å². The Labute approximate surface area is 196 Å². The molecule has 0 amide bonds. The molecular formula is C17H10Br6O2. The Hall–Kier alpha value is 0.660. The van der Waals surface area contributed by atoms with Gasteiger partial charge in [-0.3, -0.25) is 0 Å². The van der Waals surface area contributed by atoms with E-state index in [9.17, 15) is 0 Å². The smallest absolute Gasteiger partial charge is 0.148 e. The van der Waals surface area contributed by atoms with Crippen molar-refractivity contribution in [1.29, 1.82) is 0 Å². The molecule has 132 valence electrons. The highest BCUT2D eigenvalue weighted by molar-refractivity contribution is 9.12. The van der Waals surface area contributed by atoms with Crippen LogP contribution >= 0.6 is 95.6 Å². The topological polar surface area (TPSA) is 18.5 Å². The van der Waals surface area contributed by atoms with Crippen LogP contribution in [0.25, 0.3) is 0 Å². The Morgan fingerprint density at radius 1 is 0.600 bits per heavy atom. The fourth-order valence-corrected chi connectivity index (χ4v) is 7.29. The van der Waals surface area contributed by atoms with Crippen molar-refractivity contribution < 1.29 is 9.47 Å². The Bertz CT molecular complexity index is 722. The van der Waals surface area contributed by atoms with Crippen molar-refractivity contribution in [1.82, 2.24) is 0 Å². The molecule has 0 saturated heterocycles. The fourth-order valence-electron chi connectivity index (χ4n) is 2.39. The molecule has 2 aromatic carbocycles. The molecule has 0 heterocycles. The van der Waals surface area contributed by atoms with Gasteiger partial charge in [0.1, 0.15) is 23.7 Å². The summed E-state index contributed by atoms with van der Waals surface area (Å²) in [5.74, 6) is 1.56. The Kier molecular flexibility index (Phi) is 7.16. The molecule has 25 heavy (non-hydrogen) atoms. The summed E-state index contributed by atoms with van der Waals surface area (Å²) in [5.41, 5.74) is 0. The van der Waals surface area contributed by atoms with Gasteiger partial charge in [0, 0.05) is 15.4 Å². The number of ether oxygens (including phenoxy) is 2. The van der Waals surface area contributed by atoms with E-state index in [2.05, 4.69) is 95.6 Å². The van der Waals surface area contributed by atoms with Crippen LogP contribution in [0, 0.1) is 0 Å². The molecule has 0 aliphatic heterocycles. The molecule has 0 spiro atoms. The summed E-state index contributed by atoms with van der Waals surface area (Å²) >= 11 is 21.1. The molecule has 0 N–H and O–H groups in total. The van der Waals surface area contributed by atoms with Gasteiger partial charge in [0.15, 0.2) is 0 Å². The van der Waals surface area contributed by atoms with E-state index in [4.69, 9.17) is 9.47 Å². The minimum Gasteiger partial charge on any atom is -0.484 e. The third kappa shape index (κ3) is 5.13. The van der Waals surface area contributed by atoms with Crippen LogP contribution < -0.4 is 9.47 Å². The maximum Gasteiger partial charge on any atom is 0.148 e. The summed E-state index contributed by atoms with van der Waals surface area (Å²) in [4.78, 5) is 0. The normalized spacial score (nSPS) is 19.3. The number of hydrogen-bond donors (Lipinski definition) is 0. The van der Waals surface area contributed by atoms with Crippen molar-refractivity contribution in [3.63, 3.8) is 0 Å². The monoisotopic (exact) mass is 720 g/mol. The largest absolute Gasteiger partial charge is 0.484 e.